The average Bonchev–Trinajstić information content (AvgIpc) is 2.59. The van der Waals surface area contributed by atoms with Crippen molar-refractivity contribution in [3.8, 4) is 0 Å². The third-order valence-electron chi connectivity index (χ3n) is 4.97. The number of piperidine rings is 1. The van der Waals surface area contributed by atoms with E-state index in [0.717, 1.165) is 23.7 Å². The number of likely N-dealkylation sites (N-methyl/N-ethyl adjacent to an activating group) is 1. The quantitative estimate of drug-likeness (QED) is 0.774. The van der Waals surface area contributed by atoms with Crippen LogP contribution in [-0.2, 0) is 9.59 Å². The summed E-state index contributed by atoms with van der Waals surface area (Å²) in [5, 5.41) is 2.95. The maximum atomic E-state index is 12.8. The van der Waals surface area contributed by atoms with Crippen LogP contribution in [0.3, 0.4) is 0 Å². The zero-order chi connectivity index (χ0) is 19.3. The molecule has 1 heterocycles. The molecule has 0 bridgehead atoms. The van der Waals surface area contributed by atoms with Gasteiger partial charge < -0.3 is 10.2 Å². The Morgan fingerprint density at radius 1 is 1.27 bits per heavy atom. The van der Waals surface area contributed by atoms with Crippen LogP contribution < -0.4 is 5.32 Å². The summed E-state index contributed by atoms with van der Waals surface area (Å²) >= 11 is 1.60. The standard InChI is InChI=1S/C20H31N3O2S/c1-14-10-15(2)12-23(11-14)20(25)16(3)22(4)13-19(24)21-17-8-6-7-9-18(17)26-5/h6-9,14-16H,10-13H2,1-5H3,(H,21,24). The van der Waals surface area contributed by atoms with Crippen molar-refractivity contribution in [1.29, 1.82) is 0 Å². The smallest absolute Gasteiger partial charge is 0.239 e. The van der Waals surface area contributed by atoms with E-state index < -0.39 is 0 Å². The van der Waals surface area contributed by atoms with Crippen LogP contribution in [0.5, 0.6) is 0 Å². The van der Waals surface area contributed by atoms with Crippen molar-refractivity contribution in [2.45, 2.75) is 38.1 Å². The van der Waals surface area contributed by atoms with Gasteiger partial charge in [-0.05, 0) is 50.6 Å². The van der Waals surface area contributed by atoms with Crippen molar-refractivity contribution in [2.24, 2.45) is 11.8 Å². The van der Waals surface area contributed by atoms with Crippen LogP contribution in [0.1, 0.15) is 27.2 Å². The molecule has 1 fully saturated rings. The van der Waals surface area contributed by atoms with Gasteiger partial charge in [-0.1, -0.05) is 26.0 Å². The van der Waals surface area contributed by atoms with E-state index in [1.807, 2.05) is 54.3 Å². The van der Waals surface area contributed by atoms with Crippen molar-refractivity contribution in [2.75, 3.05) is 38.3 Å². The van der Waals surface area contributed by atoms with E-state index in [4.69, 9.17) is 0 Å². The minimum atomic E-state index is -0.311. The molecule has 0 aliphatic carbocycles. The highest BCUT2D eigenvalue weighted by molar-refractivity contribution is 7.98. The zero-order valence-corrected chi connectivity index (χ0v) is 17.3. The van der Waals surface area contributed by atoms with Crippen LogP contribution >= 0.6 is 11.8 Å². The minimum absolute atomic E-state index is 0.103. The molecule has 3 atom stereocenters. The van der Waals surface area contributed by atoms with E-state index in [-0.39, 0.29) is 24.4 Å². The summed E-state index contributed by atoms with van der Waals surface area (Å²) in [6.45, 7) is 8.09. The van der Waals surface area contributed by atoms with Gasteiger partial charge in [-0.2, -0.15) is 0 Å². The van der Waals surface area contributed by atoms with Crippen LogP contribution in [0.4, 0.5) is 5.69 Å². The fourth-order valence-corrected chi connectivity index (χ4v) is 4.15. The van der Waals surface area contributed by atoms with Crippen molar-refractivity contribution in [3.05, 3.63) is 24.3 Å². The van der Waals surface area contributed by atoms with E-state index >= 15 is 0 Å². The second-order valence-electron chi connectivity index (χ2n) is 7.53. The van der Waals surface area contributed by atoms with Gasteiger partial charge in [-0.25, -0.2) is 0 Å². The predicted molar refractivity (Wildman–Crippen MR) is 108 cm³/mol. The molecular formula is C20H31N3O2S. The molecule has 1 aromatic carbocycles. The molecule has 3 unspecified atom stereocenters. The number of rotatable bonds is 6. The SMILES string of the molecule is CSc1ccccc1NC(=O)CN(C)C(C)C(=O)N1CC(C)CC(C)C1. The first-order valence-corrected chi connectivity index (χ1v) is 10.5. The van der Waals surface area contributed by atoms with E-state index in [2.05, 4.69) is 19.2 Å². The number of nitrogens with one attached hydrogen (secondary N) is 1. The summed E-state index contributed by atoms with van der Waals surface area (Å²) in [5.41, 5.74) is 0.816. The van der Waals surface area contributed by atoms with Gasteiger partial charge >= 0.3 is 0 Å². The lowest BCUT2D eigenvalue weighted by Crippen LogP contribution is -2.51. The molecule has 1 saturated heterocycles. The van der Waals surface area contributed by atoms with E-state index in [9.17, 15) is 9.59 Å². The van der Waals surface area contributed by atoms with Crippen molar-refractivity contribution >= 4 is 29.3 Å². The molecule has 6 heteroatoms. The highest BCUT2D eigenvalue weighted by Gasteiger charge is 2.30. The Morgan fingerprint density at radius 3 is 2.50 bits per heavy atom. The Balaban J connectivity index is 1.92. The third-order valence-corrected chi connectivity index (χ3v) is 5.77. The molecule has 26 heavy (non-hydrogen) atoms. The van der Waals surface area contributed by atoms with Gasteiger partial charge in [0.15, 0.2) is 0 Å². The molecule has 1 aromatic rings. The number of para-hydroxylation sites is 1. The Bertz CT molecular complexity index is 627. The largest absolute Gasteiger partial charge is 0.341 e. The van der Waals surface area contributed by atoms with Crippen molar-refractivity contribution in [1.82, 2.24) is 9.80 Å². The summed E-state index contributed by atoms with van der Waals surface area (Å²) in [6, 6.07) is 7.43. The number of thioether (sulfide) groups is 1. The number of amides is 2. The fourth-order valence-electron chi connectivity index (χ4n) is 3.60. The fraction of sp³-hybridized carbons (Fsp3) is 0.600. The lowest BCUT2D eigenvalue weighted by molar-refractivity contribution is -0.139. The topological polar surface area (TPSA) is 52.7 Å². The van der Waals surface area contributed by atoms with E-state index in [0.29, 0.717) is 11.8 Å². The lowest BCUT2D eigenvalue weighted by Gasteiger charge is -2.38. The highest BCUT2D eigenvalue weighted by atomic mass is 32.2. The van der Waals surface area contributed by atoms with Gasteiger partial charge in [0, 0.05) is 18.0 Å². The van der Waals surface area contributed by atoms with Gasteiger partial charge in [-0.3, -0.25) is 14.5 Å². The molecule has 5 nitrogen and oxygen atoms in total. The first-order valence-electron chi connectivity index (χ1n) is 9.23. The Kier molecular flexibility index (Phi) is 7.53. The van der Waals surface area contributed by atoms with Gasteiger partial charge in [0.25, 0.3) is 0 Å². The molecule has 0 saturated carbocycles. The number of hydrogen-bond acceptors (Lipinski definition) is 4. The molecule has 144 valence electrons. The van der Waals surface area contributed by atoms with Gasteiger partial charge in [-0.15, -0.1) is 11.8 Å². The first kappa shape index (κ1) is 20.8. The van der Waals surface area contributed by atoms with Crippen LogP contribution in [-0.4, -0.2) is 60.6 Å². The summed E-state index contributed by atoms with van der Waals surface area (Å²) < 4.78 is 0. The van der Waals surface area contributed by atoms with Gasteiger partial charge in [0.05, 0.1) is 18.3 Å². The molecule has 0 radical (unpaired) electrons. The molecule has 1 aliphatic rings. The maximum Gasteiger partial charge on any atom is 0.239 e. The number of hydrogen-bond donors (Lipinski definition) is 1. The predicted octanol–water partition coefficient (Wildman–Crippen LogP) is 3.17. The molecule has 0 spiro atoms. The normalized spacial score (nSPS) is 21.5. The monoisotopic (exact) mass is 377 g/mol. The molecule has 2 amide bonds. The first-order chi connectivity index (χ1) is 12.3. The summed E-state index contributed by atoms with van der Waals surface area (Å²) in [4.78, 5) is 30.0. The Labute approximate surface area is 161 Å². The second-order valence-corrected chi connectivity index (χ2v) is 8.38. The summed E-state index contributed by atoms with van der Waals surface area (Å²) in [5.74, 6) is 1.08. The number of anilines is 1. The third kappa shape index (κ3) is 5.48. The van der Waals surface area contributed by atoms with Crippen LogP contribution in [0.2, 0.25) is 0 Å². The number of benzene rings is 1. The average molecular weight is 378 g/mol. The van der Waals surface area contributed by atoms with Crippen molar-refractivity contribution in [3.63, 3.8) is 0 Å². The second kappa shape index (κ2) is 9.42. The zero-order valence-electron chi connectivity index (χ0n) is 16.5. The van der Waals surface area contributed by atoms with Crippen molar-refractivity contribution < 1.29 is 9.59 Å². The van der Waals surface area contributed by atoms with E-state index in [1.165, 1.54) is 6.42 Å². The van der Waals surface area contributed by atoms with Crippen LogP contribution in [0.15, 0.2) is 29.2 Å². The molecule has 1 N–H and O–H groups in total. The number of likely N-dealkylation sites (tertiary alicyclic amines) is 1. The molecule has 1 aliphatic heterocycles. The van der Waals surface area contributed by atoms with E-state index in [1.54, 1.807) is 11.8 Å². The summed E-state index contributed by atoms with van der Waals surface area (Å²) in [7, 11) is 1.83. The minimum Gasteiger partial charge on any atom is -0.341 e. The molecular weight excluding hydrogens is 346 g/mol. The Hall–Kier alpha value is -1.53. The maximum absolute atomic E-state index is 12.8. The molecule has 2 rings (SSSR count). The summed E-state index contributed by atoms with van der Waals surface area (Å²) in [6.07, 6.45) is 3.16. The van der Waals surface area contributed by atoms with Crippen LogP contribution in [0.25, 0.3) is 0 Å². The Morgan fingerprint density at radius 2 is 1.88 bits per heavy atom. The highest BCUT2D eigenvalue weighted by Crippen LogP contribution is 2.25. The number of carbonyl (C=O) groups excluding carboxylic acids is 2. The number of nitrogens with zero attached hydrogens (tertiary/aromatic N) is 2. The lowest BCUT2D eigenvalue weighted by atomic mass is 9.91. The van der Waals surface area contributed by atoms with Gasteiger partial charge in [0.2, 0.25) is 11.8 Å². The number of carbonyl (C=O) groups is 2. The van der Waals surface area contributed by atoms with Gasteiger partial charge in [0.1, 0.15) is 0 Å². The molecule has 0 aromatic heterocycles. The van der Waals surface area contributed by atoms with Crippen LogP contribution in [0, 0.1) is 11.8 Å².